The highest BCUT2D eigenvalue weighted by Crippen LogP contribution is 2.27. The third kappa shape index (κ3) is 3.05. The summed E-state index contributed by atoms with van der Waals surface area (Å²) in [6, 6.07) is 2.47. The Morgan fingerprint density at radius 3 is 2.65 bits per heavy atom. The Kier molecular flexibility index (Phi) is 4.05. The van der Waals surface area contributed by atoms with Crippen LogP contribution in [0.1, 0.15) is 23.0 Å². The number of hydrogen-bond donors (Lipinski definition) is 1. The number of carbonyl (C=O) groups excluding carboxylic acids is 1. The van der Waals surface area contributed by atoms with Crippen LogP contribution >= 0.6 is 0 Å². The van der Waals surface area contributed by atoms with Crippen molar-refractivity contribution in [2.75, 3.05) is 31.6 Å². The maximum atomic E-state index is 12.8. The van der Waals surface area contributed by atoms with Crippen molar-refractivity contribution in [1.29, 1.82) is 0 Å². The molecule has 1 aromatic rings. The smallest absolute Gasteiger partial charge is 0.254 e. The fourth-order valence-electron chi connectivity index (χ4n) is 3.46. The van der Waals surface area contributed by atoms with Crippen molar-refractivity contribution in [3.05, 3.63) is 33.7 Å². The van der Waals surface area contributed by atoms with Crippen LogP contribution in [0.15, 0.2) is 16.9 Å². The number of fused-ring (bicyclic) bond motifs is 1. The molecular formula is C15H21N3O4S. The SMILES string of the molecule is CCc1cc(C(=O)N2CCN(C)C3CS(=O)(=O)CC32)cc(=O)[nH]1. The zero-order chi connectivity index (χ0) is 16.8. The number of H-pyrrole nitrogens is 1. The molecule has 1 N–H and O–H groups in total. The van der Waals surface area contributed by atoms with Crippen molar-refractivity contribution in [2.24, 2.45) is 0 Å². The largest absolute Gasteiger partial charge is 0.332 e. The topological polar surface area (TPSA) is 90.6 Å². The number of nitrogens with zero attached hydrogens (tertiary/aromatic N) is 2. The number of piperazine rings is 1. The van der Waals surface area contributed by atoms with Crippen LogP contribution < -0.4 is 5.56 Å². The molecule has 23 heavy (non-hydrogen) atoms. The number of pyridine rings is 1. The number of likely N-dealkylation sites (N-methyl/N-ethyl adjacent to an activating group) is 1. The van der Waals surface area contributed by atoms with Gasteiger partial charge in [-0.15, -0.1) is 0 Å². The van der Waals surface area contributed by atoms with Crippen LogP contribution in [0.5, 0.6) is 0 Å². The Labute approximate surface area is 135 Å². The summed E-state index contributed by atoms with van der Waals surface area (Å²) in [7, 11) is -1.24. The number of sulfone groups is 1. The van der Waals surface area contributed by atoms with E-state index in [1.54, 1.807) is 11.0 Å². The first-order chi connectivity index (χ1) is 10.8. The van der Waals surface area contributed by atoms with Crippen LogP contribution in [0.2, 0.25) is 0 Å². The molecule has 1 aromatic heterocycles. The van der Waals surface area contributed by atoms with Crippen molar-refractivity contribution in [3.8, 4) is 0 Å². The van der Waals surface area contributed by atoms with Gasteiger partial charge in [-0.05, 0) is 19.5 Å². The molecule has 0 spiro atoms. The first kappa shape index (κ1) is 16.2. The molecule has 0 bridgehead atoms. The van der Waals surface area contributed by atoms with Gasteiger partial charge in [-0.3, -0.25) is 14.5 Å². The molecule has 2 unspecified atom stereocenters. The number of nitrogens with one attached hydrogen (secondary N) is 1. The fraction of sp³-hybridized carbons (Fsp3) is 0.600. The molecule has 1 amide bonds. The third-order valence-electron chi connectivity index (χ3n) is 4.74. The maximum Gasteiger partial charge on any atom is 0.254 e. The second-order valence-electron chi connectivity index (χ2n) is 6.30. The predicted octanol–water partition coefficient (Wildman–Crippen LogP) is -0.509. The van der Waals surface area contributed by atoms with Crippen LogP contribution in [0.3, 0.4) is 0 Å². The normalized spacial score (nSPS) is 27.0. The van der Waals surface area contributed by atoms with E-state index in [0.717, 1.165) is 0 Å². The van der Waals surface area contributed by atoms with Crippen molar-refractivity contribution in [1.82, 2.24) is 14.8 Å². The van der Waals surface area contributed by atoms with Gasteiger partial charge in [0.1, 0.15) is 0 Å². The molecule has 126 valence electrons. The third-order valence-corrected chi connectivity index (χ3v) is 6.44. The molecule has 3 heterocycles. The van der Waals surface area contributed by atoms with Gasteiger partial charge < -0.3 is 9.88 Å². The minimum atomic E-state index is -3.13. The molecule has 2 aliphatic heterocycles. The van der Waals surface area contributed by atoms with Crippen LogP contribution in [-0.4, -0.2) is 72.8 Å². The van der Waals surface area contributed by atoms with Gasteiger partial charge in [0.15, 0.2) is 9.84 Å². The summed E-state index contributed by atoms with van der Waals surface area (Å²) in [6.07, 6.45) is 0.625. The van der Waals surface area contributed by atoms with E-state index in [4.69, 9.17) is 0 Å². The standard InChI is InChI=1S/C15H21N3O4S/c1-3-11-6-10(7-14(19)16-11)15(20)18-5-4-17(2)12-8-23(21,22)9-13(12)18/h6-7,12-13H,3-5,8-9H2,1-2H3,(H,16,19). The first-order valence-corrected chi connectivity index (χ1v) is 9.58. The summed E-state index contributed by atoms with van der Waals surface area (Å²) in [5.41, 5.74) is 0.723. The van der Waals surface area contributed by atoms with Crippen LogP contribution in [-0.2, 0) is 16.3 Å². The molecule has 0 saturated carbocycles. The highest BCUT2D eigenvalue weighted by atomic mass is 32.2. The van der Waals surface area contributed by atoms with Crippen molar-refractivity contribution < 1.29 is 13.2 Å². The van der Waals surface area contributed by atoms with Crippen molar-refractivity contribution in [3.63, 3.8) is 0 Å². The predicted molar refractivity (Wildman–Crippen MR) is 86.3 cm³/mol. The lowest BCUT2D eigenvalue weighted by molar-refractivity contribution is 0.0409. The number of aromatic nitrogens is 1. The molecule has 0 radical (unpaired) electrons. The molecule has 8 heteroatoms. The number of aryl methyl sites for hydroxylation is 1. The summed E-state index contributed by atoms with van der Waals surface area (Å²) in [5, 5.41) is 0. The van der Waals surface area contributed by atoms with Crippen molar-refractivity contribution in [2.45, 2.75) is 25.4 Å². The van der Waals surface area contributed by atoms with E-state index < -0.39 is 9.84 Å². The zero-order valence-corrected chi connectivity index (χ0v) is 14.1. The Morgan fingerprint density at radius 1 is 1.26 bits per heavy atom. The molecule has 2 atom stereocenters. The number of rotatable bonds is 2. The van der Waals surface area contributed by atoms with E-state index in [0.29, 0.717) is 30.8 Å². The summed E-state index contributed by atoms with van der Waals surface area (Å²) in [4.78, 5) is 30.9. The molecule has 7 nitrogen and oxygen atoms in total. The van der Waals surface area contributed by atoms with Crippen LogP contribution in [0.4, 0.5) is 0 Å². The summed E-state index contributed by atoms with van der Waals surface area (Å²) in [6.45, 7) is 3.00. The van der Waals surface area contributed by atoms with Gasteiger partial charge >= 0.3 is 0 Å². The molecule has 0 aromatic carbocycles. The Hall–Kier alpha value is -1.67. The van der Waals surface area contributed by atoms with Gasteiger partial charge in [0.2, 0.25) is 5.56 Å². The van der Waals surface area contributed by atoms with Crippen LogP contribution in [0, 0.1) is 0 Å². The molecule has 0 aliphatic carbocycles. The Bertz CT molecular complexity index is 786. The highest BCUT2D eigenvalue weighted by Gasteiger charge is 2.47. The van der Waals surface area contributed by atoms with Gasteiger partial charge in [0, 0.05) is 36.5 Å². The van der Waals surface area contributed by atoms with Gasteiger partial charge in [-0.25, -0.2) is 8.42 Å². The lowest BCUT2D eigenvalue weighted by Crippen LogP contribution is -2.59. The molecule has 2 fully saturated rings. The molecular weight excluding hydrogens is 318 g/mol. The monoisotopic (exact) mass is 339 g/mol. The van der Waals surface area contributed by atoms with E-state index >= 15 is 0 Å². The number of carbonyl (C=O) groups is 1. The second-order valence-corrected chi connectivity index (χ2v) is 8.46. The highest BCUT2D eigenvalue weighted by molar-refractivity contribution is 7.91. The summed E-state index contributed by atoms with van der Waals surface area (Å²) in [5.74, 6) is -0.170. The van der Waals surface area contributed by atoms with Crippen LogP contribution in [0.25, 0.3) is 0 Å². The average molecular weight is 339 g/mol. The van der Waals surface area contributed by atoms with Gasteiger partial charge in [-0.2, -0.15) is 0 Å². The zero-order valence-electron chi connectivity index (χ0n) is 13.3. The number of amides is 1. The second kappa shape index (κ2) is 5.76. The summed E-state index contributed by atoms with van der Waals surface area (Å²) >= 11 is 0. The van der Waals surface area contributed by atoms with E-state index in [9.17, 15) is 18.0 Å². The quantitative estimate of drug-likeness (QED) is 0.784. The van der Waals surface area contributed by atoms with E-state index in [1.807, 2.05) is 18.9 Å². The van der Waals surface area contributed by atoms with Gasteiger partial charge in [-0.1, -0.05) is 6.92 Å². The molecule has 2 saturated heterocycles. The minimum Gasteiger partial charge on any atom is -0.332 e. The minimum absolute atomic E-state index is 0.00241. The van der Waals surface area contributed by atoms with E-state index in [1.165, 1.54) is 6.07 Å². The molecule has 3 rings (SSSR count). The summed E-state index contributed by atoms with van der Waals surface area (Å²) < 4.78 is 24.0. The van der Waals surface area contributed by atoms with Gasteiger partial charge in [0.05, 0.1) is 17.5 Å². The Morgan fingerprint density at radius 2 is 1.96 bits per heavy atom. The lowest BCUT2D eigenvalue weighted by Gasteiger charge is -2.42. The Balaban J connectivity index is 1.93. The average Bonchev–Trinajstić information content (AvgIpc) is 2.82. The van der Waals surface area contributed by atoms with E-state index in [-0.39, 0.29) is 35.1 Å². The van der Waals surface area contributed by atoms with Crippen molar-refractivity contribution >= 4 is 15.7 Å². The number of hydrogen-bond acceptors (Lipinski definition) is 5. The molecule has 2 aliphatic rings. The van der Waals surface area contributed by atoms with E-state index in [2.05, 4.69) is 4.98 Å². The van der Waals surface area contributed by atoms with Gasteiger partial charge in [0.25, 0.3) is 5.91 Å². The lowest BCUT2D eigenvalue weighted by atomic mass is 10.0. The maximum absolute atomic E-state index is 12.8. The first-order valence-electron chi connectivity index (χ1n) is 7.75. The number of aromatic amines is 1. The fourth-order valence-corrected chi connectivity index (χ4v) is 5.51.